The molecule has 2 aliphatic carbocycles. The highest BCUT2D eigenvalue weighted by Crippen LogP contribution is 2.47. The monoisotopic (exact) mass is 478 g/mol. The Morgan fingerprint density at radius 3 is 2.57 bits per heavy atom. The quantitative estimate of drug-likeness (QED) is 0.535. The van der Waals surface area contributed by atoms with Gasteiger partial charge in [-0.1, -0.05) is 62.6 Å². The molecule has 35 heavy (non-hydrogen) atoms. The number of ether oxygens (including phenoxy) is 2. The molecule has 2 amide bonds. The van der Waals surface area contributed by atoms with Crippen LogP contribution in [0.4, 0.5) is 9.59 Å². The van der Waals surface area contributed by atoms with Crippen LogP contribution in [-0.2, 0) is 23.2 Å². The summed E-state index contributed by atoms with van der Waals surface area (Å²) in [6, 6.07) is 15.8. The first kappa shape index (κ1) is 25.1. The lowest BCUT2D eigenvalue weighted by Gasteiger charge is -2.49. The fraction of sp³-hybridized carbons (Fsp3) is 0.517. The van der Waals surface area contributed by atoms with Gasteiger partial charge in [-0.25, -0.2) is 9.59 Å². The van der Waals surface area contributed by atoms with E-state index in [0.717, 1.165) is 31.2 Å². The van der Waals surface area contributed by atoms with Crippen LogP contribution < -0.4 is 10.1 Å². The van der Waals surface area contributed by atoms with Gasteiger partial charge in [0, 0.05) is 24.5 Å². The molecule has 188 valence electrons. The van der Waals surface area contributed by atoms with E-state index in [1.165, 1.54) is 24.0 Å². The van der Waals surface area contributed by atoms with Crippen LogP contribution in [0.2, 0.25) is 0 Å². The van der Waals surface area contributed by atoms with E-state index in [9.17, 15) is 9.59 Å². The van der Waals surface area contributed by atoms with Crippen molar-refractivity contribution >= 4 is 12.2 Å². The summed E-state index contributed by atoms with van der Waals surface area (Å²) in [5.74, 6) is 0.911. The van der Waals surface area contributed by atoms with Crippen LogP contribution in [-0.4, -0.2) is 36.2 Å². The van der Waals surface area contributed by atoms with Gasteiger partial charge in [0.15, 0.2) is 0 Å². The molecule has 0 heterocycles. The summed E-state index contributed by atoms with van der Waals surface area (Å²) in [6.45, 7) is 7.61. The largest absolute Gasteiger partial charge is 0.445 e. The van der Waals surface area contributed by atoms with Crippen molar-refractivity contribution in [2.24, 2.45) is 5.92 Å². The number of carbonyl (C=O) groups is 2. The Kier molecular flexibility index (Phi) is 7.99. The lowest BCUT2D eigenvalue weighted by Crippen LogP contribution is -2.57. The number of hydrogen-bond donors (Lipinski definition) is 1. The number of hydrogen-bond acceptors (Lipinski definition) is 4. The zero-order valence-corrected chi connectivity index (χ0v) is 21.2. The molecule has 0 aliphatic heterocycles. The number of amides is 2. The molecule has 2 bridgehead atoms. The third-order valence-corrected chi connectivity index (χ3v) is 7.82. The van der Waals surface area contributed by atoms with E-state index in [-0.39, 0.29) is 30.3 Å². The van der Waals surface area contributed by atoms with Crippen molar-refractivity contribution in [2.45, 2.75) is 77.4 Å². The summed E-state index contributed by atoms with van der Waals surface area (Å²) in [6.07, 6.45) is 5.72. The van der Waals surface area contributed by atoms with Gasteiger partial charge >= 0.3 is 12.2 Å². The van der Waals surface area contributed by atoms with E-state index in [0.29, 0.717) is 24.8 Å². The van der Waals surface area contributed by atoms with Gasteiger partial charge in [0.1, 0.15) is 12.4 Å². The second-order valence-corrected chi connectivity index (χ2v) is 10.0. The van der Waals surface area contributed by atoms with E-state index in [1.54, 1.807) is 4.90 Å². The Hall–Kier alpha value is -3.02. The molecule has 6 heteroatoms. The van der Waals surface area contributed by atoms with Crippen LogP contribution >= 0.6 is 0 Å². The van der Waals surface area contributed by atoms with Crippen molar-refractivity contribution in [3.8, 4) is 5.75 Å². The highest BCUT2D eigenvalue weighted by molar-refractivity contribution is 5.71. The van der Waals surface area contributed by atoms with Crippen LogP contribution in [0.5, 0.6) is 5.75 Å². The Morgan fingerprint density at radius 2 is 1.83 bits per heavy atom. The lowest BCUT2D eigenvalue weighted by atomic mass is 9.59. The average Bonchev–Trinajstić information content (AvgIpc) is 2.86. The van der Waals surface area contributed by atoms with E-state index in [4.69, 9.17) is 9.47 Å². The van der Waals surface area contributed by atoms with E-state index < -0.39 is 0 Å². The average molecular weight is 479 g/mol. The van der Waals surface area contributed by atoms with Crippen molar-refractivity contribution < 1.29 is 19.1 Å². The fourth-order valence-corrected chi connectivity index (χ4v) is 5.87. The van der Waals surface area contributed by atoms with Gasteiger partial charge in [0.25, 0.3) is 0 Å². The van der Waals surface area contributed by atoms with Gasteiger partial charge in [-0.3, -0.25) is 0 Å². The van der Waals surface area contributed by atoms with Crippen molar-refractivity contribution in [2.75, 3.05) is 13.1 Å². The summed E-state index contributed by atoms with van der Waals surface area (Å²) in [5, 5.41) is 3.26. The van der Waals surface area contributed by atoms with Gasteiger partial charge in [-0.15, -0.1) is 0 Å². The molecule has 4 rings (SSSR count). The lowest BCUT2D eigenvalue weighted by molar-refractivity contribution is 0.110. The number of rotatable bonds is 6. The molecule has 3 atom stereocenters. The highest BCUT2D eigenvalue weighted by Gasteiger charge is 2.47. The topological polar surface area (TPSA) is 67.9 Å². The second-order valence-electron chi connectivity index (χ2n) is 10.0. The molecular formula is C29H38N2O4. The predicted octanol–water partition coefficient (Wildman–Crippen LogP) is 6.22. The smallest absolute Gasteiger partial charge is 0.415 e. The van der Waals surface area contributed by atoms with Crippen molar-refractivity contribution in [1.82, 2.24) is 10.2 Å². The van der Waals surface area contributed by atoms with Crippen molar-refractivity contribution in [3.63, 3.8) is 0 Å². The minimum absolute atomic E-state index is 0.0349. The molecular weight excluding hydrogens is 440 g/mol. The molecule has 1 fully saturated rings. The Labute approximate surface area is 209 Å². The zero-order valence-electron chi connectivity index (χ0n) is 21.2. The normalized spacial score (nSPS) is 23.3. The van der Waals surface area contributed by atoms with Gasteiger partial charge in [0.05, 0.1) is 0 Å². The summed E-state index contributed by atoms with van der Waals surface area (Å²) >= 11 is 0. The minimum atomic E-state index is -0.372. The SMILES string of the molecule is CCN(CC)C(=O)Oc1ccc2c(c1)[C@@]1(C)CCCCC[C@@H](C2)[C@@H]1NC(=O)OCc1ccccc1. The first-order valence-corrected chi connectivity index (χ1v) is 13.0. The first-order valence-electron chi connectivity index (χ1n) is 13.0. The molecule has 0 radical (unpaired) electrons. The third kappa shape index (κ3) is 5.63. The van der Waals surface area contributed by atoms with Crippen LogP contribution in [0.15, 0.2) is 48.5 Å². The number of carbonyl (C=O) groups excluding carboxylic acids is 2. The maximum Gasteiger partial charge on any atom is 0.415 e. The number of fused-ring (bicyclic) bond motifs is 4. The van der Waals surface area contributed by atoms with E-state index >= 15 is 0 Å². The van der Waals surface area contributed by atoms with Crippen LogP contribution in [0.25, 0.3) is 0 Å². The minimum Gasteiger partial charge on any atom is -0.445 e. The second kappa shape index (κ2) is 11.1. The number of nitrogens with zero attached hydrogens (tertiary/aromatic N) is 1. The Bertz CT molecular complexity index is 1020. The predicted molar refractivity (Wildman–Crippen MR) is 137 cm³/mol. The van der Waals surface area contributed by atoms with Crippen molar-refractivity contribution in [1.29, 1.82) is 0 Å². The summed E-state index contributed by atoms with van der Waals surface area (Å²) in [7, 11) is 0. The number of benzene rings is 2. The number of alkyl carbamates (subject to hydrolysis) is 1. The van der Waals surface area contributed by atoms with Crippen LogP contribution in [0.3, 0.4) is 0 Å². The number of nitrogens with one attached hydrogen (secondary N) is 1. The standard InChI is InChI=1S/C29H38N2O4/c1-4-31(5-2)28(33)35-24-16-15-22-18-23-14-10-7-11-17-29(3,25(22)19-24)26(23)30-27(32)34-20-21-12-8-6-9-13-21/h6,8-9,12-13,15-16,19,23,26H,4-5,7,10-11,14,17-18,20H2,1-3H3,(H,30,32)/t23-,26-,29+/m0/s1. The molecule has 1 N–H and O–H groups in total. The zero-order chi connectivity index (χ0) is 24.8. The van der Waals surface area contributed by atoms with Gasteiger partial charge in [-0.05, 0) is 67.9 Å². The molecule has 0 spiro atoms. The molecule has 6 nitrogen and oxygen atoms in total. The van der Waals surface area contributed by atoms with Gasteiger partial charge < -0.3 is 19.7 Å². The van der Waals surface area contributed by atoms with Crippen molar-refractivity contribution in [3.05, 3.63) is 65.2 Å². The first-order chi connectivity index (χ1) is 16.9. The molecule has 2 aliphatic rings. The Balaban J connectivity index is 1.57. The Morgan fingerprint density at radius 1 is 1.06 bits per heavy atom. The fourth-order valence-electron chi connectivity index (χ4n) is 5.87. The summed E-state index contributed by atoms with van der Waals surface area (Å²) < 4.78 is 11.3. The summed E-state index contributed by atoms with van der Waals surface area (Å²) in [5.41, 5.74) is 3.17. The van der Waals surface area contributed by atoms with Gasteiger partial charge in [0.2, 0.25) is 0 Å². The summed E-state index contributed by atoms with van der Waals surface area (Å²) in [4.78, 5) is 27.1. The molecule has 0 unspecified atom stereocenters. The molecule has 2 aromatic rings. The highest BCUT2D eigenvalue weighted by atomic mass is 16.6. The molecule has 0 aromatic heterocycles. The molecule has 1 saturated carbocycles. The molecule has 0 saturated heterocycles. The maximum absolute atomic E-state index is 12.9. The molecule has 2 aromatic carbocycles. The van der Waals surface area contributed by atoms with Gasteiger partial charge in [-0.2, -0.15) is 0 Å². The third-order valence-electron chi connectivity index (χ3n) is 7.82. The van der Waals surface area contributed by atoms with Crippen LogP contribution in [0, 0.1) is 5.92 Å². The van der Waals surface area contributed by atoms with E-state index in [2.05, 4.69) is 18.3 Å². The van der Waals surface area contributed by atoms with Crippen LogP contribution in [0.1, 0.15) is 69.6 Å². The maximum atomic E-state index is 12.9. The van der Waals surface area contributed by atoms with E-state index in [1.807, 2.05) is 56.3 Å².